The summed E-state index contributed by atoms with van der Waals surface area (Å²) in [6.45, 7) is 1.36. The maximum absolute atomic E-state index is 12.7. The van der Waals surface area contributed by atoms with Crippen LogP contribution in [0.25, 0.3) is 11.5 Å². The first-order valence-electron chi connectivity index (χ1n) is 8.63. The summed E-state index contributed by atoms with van der Waals surface area (Å²) in [5, 5.41) is 4.62. The molecule has 0 saturated carbocycles. The lowest BCUT2D eigenvalue weighted by Crippen LogP contribution is -2.35. The van der Waals surface area contributed by atoms with Crippen molar-refractivity contribution in [2.45, 2.75) is 30.8 Å². The van der Waals surface area contributed by atoms with Crippen molar-refractivity contribution in [1.29, 1.82) is 0 Å². The molecule has 0 aliphatic carbocycles. The molecule has 0 N–H and O–H groups in total. The number of hydrogen-bond donors (Lipinski definition) is 0. The predicted molar refractivity (Wildman–Crippen MR) is 98.7 cm³/mol. The molecule has 3 heterocycles. The molecule has 0 radical (unpaired) electrons. The van der Waals surface area contributed by atoms with Crippen LogP contribution < -0.4 is 0 Å². The van der Waals surface area contributed by atoms with Gasteiger partial charge in [-0.3, -0.25) is 0 Å². The van der Waals surface area contributed by atoms with Gasteiger partial charge in [0.1, 0.15) is 0 Å². The number of piperidine rings is 1. The van der Waals surface area contributed by atoms with Crippen molar-refractivity contribution < 1.29 is 12.9 Å². The average Bonchev–Trinajstić information content (AvgIpc) is 3.34. The summed E-state index contributed by atoms with van der Waals surface area (Å²) >= 11 is 5.88. The Labute approximate surface area is 161 Å². The Morgan fingerprint density at radius 2 is 1.85 bits per heavy atom. The van der Waals surface area contributed by atoms with Gasteiger partial charge in [-0.15, -0.1) is 0 Å². The van der Waals surface area contributed by atoms with Gasteiger partial charge in [-0.05, 0) is 37.1 Å². The van der Waals surface area contributed by atoms with E-state index in [1.807, 2.05) is 0 Å². The maximum Gasteiger partial charge on any atom is 0.262 e. The van der Waals surface area contributed by atoms with Crippen molar-refractivity contribution in [1.82, 2.24) is 24.0 Å². The van der Waals surface area contributed by atoms with Crippen LogP contribution in [0.5, 0.6) is 0 Å². The first-order chi connectivity index (χ1) is 13.0. The van der Waals surface area contributed by atoms with Gasteiger partial charge in [0.25, 0.3) is 15.9 Å². The summed E-state index contributed by atoms with van der Waals surface area (Å²) in [6, 6.07) is 7.07. The van der Waals surface area contributed by atoms with Crippen LogP contribution in [0.15, 0.2) is 46.3 Å². The summed E-state index contributed by atoms with van der Waals surface area (Å²) in [5.74, 6) is 0.808. The quantitative estimate of drug-likeness (QED) is 0.645. The van der Waals surface area contributed by atoms with Gasteiger partial charge in [-0.25, -0.2) is 13.4 Å². The van der Waals surface area contributed by atoms with Crippen LogP contribution >= 0.6 is 11.6 Å². The Hall–Kier alpha value is -2.23. The third-order valence-electron chi connectivity index (χ3n) is 4.41. The molecular weight excluding hydrogens is 390 g/mol. The first-order valence-corrected chi connectivity index (χ1v) is 10.4. The lowest BCUT2D eigenvalue weighted by atomic mass is 10.2. The summed E-state index contributed by atoms with van der Waals surface area (Å²) in [7, 11) is -3.55. The van der Waals surface area contributed by atoms with Gasteiger partial charge in [0.15, 0.2) is 10.9 Å². The normalized spacial score (nSPS) is 15.9. The number of nitrogens with zero attached hydrogens (tertiary/aromatic N) is 5. The van der Waals surface area contributed by atoms with Gasteiger partial charge in [-0.2, -0.15) is 9.29 Å². The van der Waals surface area contributed by atoms with Crippen molar-refractivity contribution in [3.05, 3.63) is 47.6 Å². The molecule has 0 atom stereocenters. The van der Waals surface area contributed by atoms with Crippen LogP contribution in [0, 0.1) is 0 Å². The molecular formula is C17H18ClN5O3S. The Morgan fingerprint density at radius 1 is 1.11 bits per heavy atom. The van der Waals surface area contributed by atoms with E-state index in [9.17, 15) is 8.42 Å². The van der Waals surface area contributed by atoms with Crippen molar-refractivity contribution in [3.63, 3.8) is 0 Å². The van der Waals surface area contributed by atoms with E-state index in [4.69, 9.17) is 16.1 Å². The van der Waals surface area contributed by atoms with Gasteiger partial charge in [0.2, 0.25) is 0 Å². The molecule has 0 amide bonds. The van der Waals surface area contributed by atoms with Gasteiger partial charge in [-0.1, -0.05) is 23.2 Å². The van der Waals surface area contributed by atoms with Crippen LogP contribution in [-0.2, 0) is 16.6 Å². The molecule has 0 spiro atoms. The zero-order valence-corrected chi connectivity index (χ0v) is 16.0. The maximum atomic E-state index is 12.7. The van der Waals surface area contributed by atoms with Crippen LogP contribution in [0.2, 0.25) is 5.02 Å². The molecule has 0 bridgehead atoms. The van der Waals surface area contributed by atoms with Crippen LogP contribution in [-0.4, -0.2) is 45.5 Å². The highest BCUT2D eigenvalue weighted by Crippen LogP contribution is 2.21. The molecule has 2 aromatic heterocycles. The molecule has 142 valence electrons. The second-order valence-corrected chi connectivity index (χ2v) is 8.69. The number of benzene rings is 1. The Kier molecular flexibility index (Phi) is 4.98. The Bertz CT molecular complexity index is 1020. The van der Waals surface area contributed by atoms with Gasteiger partial charge < -0.3 is 9.09 Å². The van der Waals surface area contributed by atoms with E-state index in [0.717, 1.165) is 24.8 Å². The van der Waals surface area contributed by atoms with Crippen molar-refractivity contribution >= 4 is 21.6 Å². The lowest BCUT2D eigenvalue weighted by molar-refractivity contribution is 0.345. The zero-order chi connectivity index (χ0) is 18.9. The minimum absolute atomic E-state index is 0.0471. The van der Waals surface area contributed by atoms with E-state index in [1.165, 1.54) is 16.8 Å². The Morgan fingerprint density at radius 3 is 2.59 bits per heavy atom. The molecule has 3 aromatic rings. The number of imidazole rings is 1. The van der Waals surface area contributed by atoms with E-state index in [0.29, 0.717) is 29.8 Å². The summed E-state index contributed by atoms with van der Waals surface area (Å²) in [6.07, 6.45) is 5.80. The fourth-order valence-electron chi connectivity index (χ4n) is 2.99. The second-order valence-electron chi connectivity index (χ2n) is 6.37. The fraction of sp³-hybridized carbons (Fsp3) is 0.353. The monoisotopic (exact) mass is 407 g/mol. The smallest absolute Gasteiger partial charge is 0.262 e. The highest BCUT2D eigenvalue weighted by Gasteiger charge is 2.28. The summed E-state index contributed by atoms with van der Waals surface area (Å²) in [5.41, 5.74) is 0.761. The SMILES string of the molecule is O=S(=O)(c1cn(Cc2noc(-c3ccc(Cl)cc3)n2)cn1)N1CCCCC1. The predicted octanol–water partition coefficient (Wildman–Crippen LogP) is 2.81. The molecule has 1 aliphatic rings. The summed E-state index contributed by atoms with van der Waals surface area (Å²) in [4.78, 5) is 8.40. The van der Waals surface area contributed by atoms with Crippen molar-refractivity contribution in [2.24, 2.45) is 0 Å². The largest absolute Gasteiger partial charge is 0.334 e. The van der Waals surface area contributed by atoms with Crippen molar-refractivity contribution in [2.75, 3.05) is 13.1 Å². The minimum atomic E-state index is -3.55. The third kappa shape index (κ3) is 3.90. The zero-order valence-electron chi connectivity index (χ0n) is 14.5. The van der Waals surface area contributed by atoms with Gasteiger partial charge in [0.05, 0.1) is 12.9 Å². The second kappa shape index (κ2) is 7.41. The highest BCUT2D eigenvalue weighted by atomic mass is 35.5. The fourth-order valence-corrected chi connectivity index (χ4v) is 4.57. The van der Waals surface area contributed by atoms with E-state index in [2.05, 4.69) is 15.1 Å². The van der Waals surface area contributed by atoms with Crippen LogP contribution in [0.4, 0.5) is 0 Å². The number of rotatable bonds is 5. The van der Waals surface area contributed by atoms with Gasteiger partial charge >= 0.3 is 0 Å². The minimum Gasteiger partial charge on any atom is -0.334 e. The molecule has 1 saturated heterocycles. The number of halogens is 1. The lowest BCUT2D eigenvalue weighted by Gasteiger charge is -2.24. The highest BCUT2D eigenvalue weighted by molar-refractivity contribution is 7.89. The molecule has 10 heteroatoms. The van der Waals surface area contributed by atoms with Crippen LogP contribution in [0.1, 0.15) is 25.1 Å². The van der Waals surface area contributed by atoms with E-state index in [1.54, 1.807) is 28.8 Å². The molecule has 8 nitrogen and oxygen atoms in total. The summed E-state index contributed by atoms with van der Waals surface area (Å²) < 4.78 is 33.7. The third-order valence-corrected chi connectivity index (χ3v) is 6.45. The molecule has 27 heavy (non-hydrogen) atoms. The van der Waals surface area contributed by atoms with Crippen molar-refractivity contribution in [3.8, 4) is 11.5 Å². The molecule has 0 unspecified atom stereocenters. The molecule has 1 fully saturated rings. The molecule has 1 aliphatic heterocycles. The van der Waals surface area contributed by atoms with Gasteiger partial charge in [0, 0.05) is 29.9 Å². The Balaban J connectivity index is 1.49. The van der Waals surface area contributed by atoms with E-state index < -0.39 is 10.0 Å². The number of hydrogen-bond acceptors (Lipinski definition) is 6. The number of aromatic nitrogens is 4. The standard InChI is InChI=1S/C17H18ClN5O3S/c18-14-6-4-13(5-7-14)17-20-15(21-26-17)10-22-11-16(19-12-22)27(24,25)23-8-2-1-3-9-23/h4-7,11-12H,1-3,8-10H2. The topological polar surface area (TPSA) is 94.1 Å². The number of sulfonamides is 1. The first kappa shape index (κ1) is 18.1. The average molecular weight is 408 g/mol. The van der Waals surface area contributed by atoms with E-state index in [-0.39, 0.29) is 11.6 Å². The molecule has 1 aromatic carbocycles. The van der Waals surface area contributed by atoms with E-state index >= 15 is 0 Å². The molecule has 4 rings (SSSR count). The van der Waals surface area contributed by atoms with Crippen LogP contribution in [0.3, 0.4) is 0 Å².